The van der Waals surface area contributed by atoms with Gasteiger partial charge in [-0.15, -0.1) is 11.3 Å². The molecule has 1 aliphatic heterocycles. The Kier molecular flexibility index (Phi) is 4.28. The largest absolute Gasteiger partial charge is 0.497 e. The highest BCUT2D eigenvalue weighted by Crippen LogP contribution is 2.38. The monoisotopic (exact) mass is 348 g/mol. The normalized spacial score (nSPS) is 16.8. The molecule has 25 heavy (non-hydrogen) atoms. The van der Waals surface area contributed by atoms with Crippen LogP contribution < -0.4 is 9.75 Å². The van der Waals surface area contributed by atoms with E-state index < -0.39 is 0 Å². The molecule has 0 aliphatic carbocycles. The van der Waals surface area contributed by atoms with Gasteiger partial charge in [0.05, 0.1) is 24.6 Å². The molecule has 1 aliphatic rings. The van der Waals surface area contributed by atoms with E-state index >= 15 is 0 Å². The first-order valence-electron chi connectivity index (χ1n) is 8.36. The fourth-order valence-electron chi connectivity index (χ4n) is 3.11. The SMILES string of the molecule is COc1ccc(N2N=C(c3ccc(C)cc3)CC2c2cccs2)cc1. The van der Waals surface area contributed by atoms with Gasteiger partial charge in [0.1, 0.15) is 5.75 Å². The summed E-state index contributed by atoms with van der Waals surface area (Å²) in [5.74, 6) is 0.860. The van der Waals surface area contributed by atoms with Gasteiger partial charge in [-0.25, -0.2) is 0 Å². The van der Waals surface area contributed by atoms with E-state index in [1.54, 1.807) is 18.4 Å². The van der Waals surface area contributed by atoms with Crippen molar-refractivity contribution in [2.24, 2.45) is 5.10 Å². The Labute approximate surface area is 152 Å². The van der Waals surface area contributed by atoms with Crippen LogP contribution in [0.2, 0.25) is 0 Å². The Hall–Kier alpha value is -2.59. The summed E-state index contributed by atoms with van der Waals surface area (Å²) in [6, 6.07) is 21.3. The molecule has 126 valence electrons. The van der Waals surface area contributed by atoms with Crippen LogP contribution in [0.25, 0.3) is 0 Å². The smallest absolute Gasteiger partial charge is 0.119 e. The molecule has 1 atom stereocenters. The molecule has 2 aromatic carbocycles. The minimum absolute atomic E-state index is 0.240. The molecule has 0 bridgehead atoms. The zero-order valence-corrected chi connectivity index (χ0v) is 15.2. The molecule has 1 unspecified atom stereocenters. The van der Waals surface area contributed by atoms with Crippen LogP contribution in [0.3, 0.4) is 0 Å². The van der Waals surface area contributed by atoms with Gasteiger partial charge in [-0.05, 0) is 48.2 Å². The zero-order valence-electron chi connectivity index (χ0n) is 14.3. The van der Waals surface area contributed by atoms with Crippen molar-refractivity contribution >= 4 is 22.7 Å². The van der Waals surface area contributed by atoms with E-state index in [9.17, 15) is 0 Å². The second-order valence-corrected chi connectivity index (χ2v) is 7.17. The molecular weight excluding hydrogens is 328 g/mol. The number of hydrazone groups is 1. The van der Waals surface area contributed by atoms with Crippen molar-refractivity contribution in [3.8, 4) is 5.75 Å². The topological polar surface area (TPSA) is 24.8 Å². The number of benzene rings is 2. The van der Waals surface area contributed by atoms with Crippen molar-refractivity contribution in [3.63, 3.8) is 0 Å². The van der Waals surface area contributed by atoms with Crippen LogP contribution in [-0.2, 0) is 0 Å². The molecule has 0 amide bonds. The Morgan fingerprint density at radius 1 is 1.04 bits per heavy atom. The Bertz CT molecular complexity index is 867. The lowest BCUT2D eigenvalue weighted by Crippen LogP contribution is -2.17. The molecule has 0 N–H and O–H groups in total. The average Bonchev–Trinajstić information content (AvgIpc) is 3.32. The van der Waals surface area contributed by atoms with Crippen molar-refractivity contribution < 1.29 is 4.74 Å². The lowest BCUT2D eigenvalue weighted by molar-refractivity contribution is 0.415. The number of aryl methyl sites for hydroxylation is 1. The maximum absolute atomic E-state index is 5.28. The number of rotatable bonds is 4. The number of ether oxygens (including phenoxy) is 1. The zero-order chi connectivity index (χ0) is 17.2. The van der Waals surface area contributed by atoms with Gasteiger partial charge >= 0.3 is 0 Å². The Morgan fingerprint density at radius 3 is 2.44 bits per heavy atom. The molecule has 0 radical (unpaired) electrons. The molecule has 1 aromatic heterocycles. The quantitative estimate of drug-likeness (QED) is 0.629. The molecule has 3 aromatic rings. The van der Waals surface area contributed by atoms with Gasteiger partial charge in [-0.2, -0.15) is 5.10 Å². The molecule has 0 fully saturated rings. The Balaban J connectivity index is 1.71. The van der Waals surface area contributed by atoms with E-state index in [0.29, 0.717) is 0 Å². The molecule has 0 spiro atoms. The third kappa shape index (κ3) is 3.17. The number of hydrogen-bond donors (Lipinski definition) is 0. The molecule has 3 nitrogen and oxygen atoms in total. The second kappa shape index (κ2) is 6.73. The van der Waals surface area contributed by atoms with E-state index in [-0.39, 0.29) is 6.04 Å². The third-order valence-corrected chi connectivity index (χ3v) is 5.48. The first-order valence-corrected chi connectivity index (χ1v) is 9.24. The van der Waals surface area contributed by atoms with Gasteiger partial charge in [-0.3, -0.25) is 5.01 Å². The lowest BCUT2D eigenvalue weighted by Gasteiger charge is -2.22. The predicted molar refractivity (Wildman–Crippen MR) is 105 cm³/mol. The van der Waals surface area contributed by atoms with Crippen molar-refractivity contribution in [1.29, 1.82) is 0 Å². The van der Waals surface area contributed by atoms with Crippen LogP contribution in [0.5, 0.6) is 5.75 Å². The fourth-order valence-corrected chi connectivity index (χ4v) is 3.92. The number of anilines is 1. The summed E-state index contributed by atoms with van der Waals surface area (Å²) in [6.45, 7) is 2.11. The molecule has 0 saturated carbocycles. The maximum Gasteiger partial charge on any atom is 0.119 e. The van der Waals surface area contributed by atoms with Crippen LogP contribution in [0.4, 0.5) is 5.69 Å². The summed E-state index contributed by atoms with van der Waals surface area (Å²) in [5, 5.41) is 9.24. The molecular formula is C21H20N2OS. The molecule has 2 heterocycles. The summed E-state index contributed by atoms with van der Waals surface area (Å²) >= 11 is 1.79. The van der Waals surface area contributed by atoms with Crippen LogP contribution in [0.15, 0.2) is 71.1 Å². The van der Waals surface area contributed by atoms with Gasteiger partial charge < -0.3 is 4.74 Å². The highest BCUT2D eigenvalue weighted by molar-refractivity contribution is 7.10. The molecule has 0 saturated heterocycles. The van der Waals surface area contributed by atoms with Gasteiger partial charge in [-0.1, -0.05) is 35.9 Å². The first kappa shape index (κ1) is 15.9. The minimum atomic E-state index is 0.240. The number of methoxy groups -OCH3 is 1. The fraction of sp³-hybridized carbons (Fsp3) is 0.190. The van der Waals surface area contributed by atoms with E-state index in [1.165, 1.54) is 16.0 Å². The third-order valence-electron chi connectivity index (χ3n) is 4.50. The van der Waals surface area contributed by atoms with Crippen molar-refractivity contribution in [1.82, 2.24) is 0 Å². The van der Waals surface area contributed by atoms with E-state index in [4.69, 9.17) is 9.84 Å². The number of hydrogen-bond acceptors (Lipinski definition) is 4. The molecule has 4 heteroatoms. The van der Waals surface area contributed by atoms with Crippen LogP contribution in [0, 0.1) is 6.92 Å². The first-order chi connectivity index (χ1) is 12.2. The van der Waals surface area contributed by atoms with Crippen LogP contribution in [-0.4, -0.2) is 12.8 Å². The second-order valence-electron chi connectivity index (χ2n) is 6.19. The van der Waals surface area contributed by atoms with Gasteiger partial charge in [0.15, 0.2) is 0 Å². The van der Waals surface area contributed by atoms with Gasteiger partial charge in [0, 0.05) is 11.3 Å². The van der Waals surface area contributed by atoms with E-state index in [2.05, 4.69) is 65.8 Å². The number of thiophene rings is 1. The van der Waals surface area contributed by atoms with E-state index in [0.717, 1.165) is 23.6 Å². The highest BCUT2D eigenvalue weighted by Gasteiger charge is 2.30. The predicted octanol–water partition coefficient (Wildman–Crippen LogP) is 5.42. The summed E-state index contributed by atoms with van der Waals surface area (Å²) in [5.41, 5.74) is 4.68. The van der Waals surface area contributed by atoms with Gasteiger partial charge in [0.25, 0.3) is 0 Å². The van der Waals surface area contributed by atoms with Crippen LogP contribution >= 0.6 is 11.3 Å². The van der Waals surface area contributed by atoms with Crippen molar-refractivity contribution in [2.75, 3.05) is 12.1 Å². The van der Waals surface area contributed by atoms with Crippen molar-refractivity contribution in [3.05, 3.63) is 82.0 Å². The summed E-state index contributed by atoms with van der Waals surface area (Å²) in [6.07, 6.45) is 0.912. The van der Waals surface area contributed by atoms with Crippen LogP contribution in [0.1, 0.15) is 28.5 Å². The molecule has 4 rings (SSSR count). The summed E-state index contributed by atoms with van der Waals surface area (Å²) in [7, 11) is 1.69. The lowest BCUT2D eigenvalue weighted by atomic mass is 10.0. The maximum atomic E-state index is 5.28. The number of nitrogens with zero attached hydrogens (tertiary/aromatic N) is 2. The average molecular weight is 348 g/mol. The Morgan fingerprint density at radius 2 is 1.80 bits per heavy atom. The minimum Gasteiger partial charge on any atom is -0.497 e. The standard InChI is InChI=1S/C21H20N2OS/c1-15-5-7-16(8-6-15)19-14-20(21-4-3-13-25-21)23(22-19)17-9-11-18(24-2)12-10-17/h3-13,20H,14H2,1-2H3. The highest BCUT2D eigenvalue weighted by atomic mass is 32.1. The van der Waals surface area contributed by atoms with Crippen molar-refractivity contribution in [2.45, 2.75) is 19.4 Å². The van der Waals surface area contributed by atoms with E-state index in [1.807, 2.05) is 12.1 Å². The van der Waals surface area contributed by atoms with Gasteiger partial charge in [0.2, 0.25) is 0 Å². The summed E-state index contributed by atoms with van der Waals surface area (Å²) in [4.78, 5) is 1.33. The summed E-state index contributed by atoms with van der Waals surface area (Å²) < 4.78 is 5.28.